The predicted molar refractivity (Wildman–Crippen MR) is 123 cm³/mol. The molecule has 0 radical (unpaired) electrons. The number of hydrogen-bond donors (Lipinski definition) is 1. The highest BCUT2D eigenvalue weighted by Gasteiger charge is 2.32. The molecule has 1 heterocycles. The van der Waals surface area contributed by atoms with Crippen LogP contribution in [-0.4, -0.2) is 36.4 Å². The lowest BCUT2D eigenvalue weighted by Crippen LogP contribution is -2.32. The first-order chi connectivity index (χ1) is 14.4. The summed E-state index contributed by atoms with van der Waals surface area (Å²) in [4.78, 5) is 31.3. The van der Waals surface area contributed by atoms with Crippen molar-refractivity contribution in [1.82, 2.24) is 5.32 Å². The topological polar surface area (TPSA) is 71.0 Å². The summed E-state index contributed by atoms with van der Waals surface area (Å²) in [5.41, 5.74) is 4.03. The predicted octanol–water partition coefficient (Wildman–Crippen LogP) is 3.93. The van der Waals surface area contributed by atoms with Crippen molar-refractivity contribution >= 4 is 40.5 Å². The van der Waals surface area contributed by atoms with E-state index in [1.807, 2.05) is 57.2 Å². The molecule has 0 atom stereocenters. The Hall–Kier alpha value is -3.06. The zero-order valence-corrected chi connectivity index (χ0v) is 18.4. The van der Waals surface area contributed by atoms with E-state index in [0.717, 1.165) is 28.1 Å². The van der Waals surface area contributed by atoms with Gasteiger partial charge in [-0.15, -0.1) is 0 Å². The summed E-state index contributed by atoms with van der Waals surface area (Å²) in [7, 11) is 1.61. The highest BCUT2D eigenvalue weighted by Crippen LogP contribution is 2.31. The minimum atomic E-state index is -0.214. The molecule has 2 aromatic rings. The van der Waals surface area contributed by atoms with E-state index in [9.17, 15) is 9.59 Å². The van der Waals surface area contributed by atoms with Crippen LogP contribution in [0.5, 0.6) is 5.75 Å². The van der Waals surface area contributed by atoms with Crippen molar-refractivity contribution < 1.29 is 14.3 Å². The molecule has 0 aromatic heterocycles. The molecule has 0 bridgehead atoms. The van der Waals surface area contributed by atoms with Gasteiger partial charge in [-0.1, -0.05) is 30.0 Å². The molecule has 0 saturated carbocycles. The van der Waals surface area contributed by atoms with E-state index in [1.165, 1.54) is 11.8 Å². The van der Waals surface area contributed by atoms with Crippen LogP contribution in [0.4, 0.5) is 5.69 Å². The molecule has 1 aliphatic rings. The van der Waals surface area contributed by atoms with Gasteiger partial charge in [0, 0.05) is 6.54 Å². The minimum absolute atomic E-state index is 0.0920. The summed E-state index contributed by atoms with van der Waals surface area (Å²) < 4.78 is 5.18. The Balaban J connectivity index is 1.95. The zero-order chi connectivity index (χ0) is 21.7. The Morgan fingerprint density at radius 1 is 1.17 bits per heavy atom. The van der Waals surface area contributed by atoms with Crippen LogP contribution in [0, 0.1) is 13.8 Å². The van der Waals surface area contributed by atoms with Crippen molar-refractivity contribution in [2.45, 2.75) is 20.8 Å². The Morgan fingerprint density at radius 2 is 1.83 bits per heavy atom. The first kappa shape index (κ1) is 21.6. The molecule has 0 saturated heterocycles. The Morgan fingerprint density at radius 3 is 2.43 bits per heavy atom. The van der Waals surface area contributed by atoms with E-state index in [-0.39, 0.29) is 17.6 Å². The third-order valence-corrected chi connectivity index (χ3v) is 5.36. The van der Waals surface area contributed by atoms with Gasteiger partial charge < -0.3 is 10.1 Å². The van der Waals surface area contributed by atoms with Crippen LogP contribution < -0.4 is 15.0 Å². The first-order valence-electron chi connectivity index (χ1n) is 9.68. The van der Waals surface area contributed by atoms with Gasteiger partial charge in [0.15, 0.2) is 5.17 Å². The number of carbonyl (C=O) groups is 2. The monoisotopic (exact) mass is 423 g/mol. The van der Waals surface area contributed by atoms with E-state index in [4.69, 9.17) is 4.74 Å². The summed E-state index contributed by atoms with van der Waals surface area (Å²) >= 11 is 1.25. The fourth-order valence-corrected chi connectivity index (χ4v) is 3.98. The molecule has 0 fully saturated rings. The number of hydrogen-bond acceptors (Lipinski definition) is 5. The van der Waals surface area contributed by atoms with Crippen LogP contribution in [-0.2, 0) is 9.59 Å². The van der Waals surface area contributed by atoms with Crippen molar-refractivity contribution in [2.24, 2.45) is 4.99 Å². The second-order valence-electron chi connectivity index (χ2n) is 6.93. The number of ether oxygens (including phenoxy) is 1. The SMILES string of the molecule is CCNC(=O)CSC1=N/C(=C\c2ccc(OC)cc2)C(=O)N1c1cc(C)cc(C)c1. The lowest BCUT2D eigenvalue weighted by molar-refractivity contribution is -0.118. The average molecular weight is 424 g/mol. The van der Waals surface area contributed by atoms with Gasteiger partial charge in [-0.25, -0.2) is 4.99 Å². The number of thioether (sulfide) groups is 1. The van der Waals surface area contributed by atoms with Crippen molar-refractivity contribution in [1.29, 1.82) is 0 Å². The van der Waals surface area contributed by atoms with Crippen LogP contribution in [0.1, 0.15) is 23.6 Å². The standard InChI is InChI=1S/C23H25N3O3S/c1-5-24-21(27)14-30-23-25-20(13-17-6-8-19(29-4)9-7-17)22(28)26(23)18-11-15(2)10-16(3)12-18/h6-13H,5,14H2,1-4H3,(H,24,27)/b20-13-. The molecule has 3 rings (SSSR count). The van der Waals surface area contributed by atoms with Crippen LogP contribution in [0.2, 0.25) is 0 Å². The molecule has 30 heavy (non-hydrogen) atoms. The van der Waals surface area contributed by atoms with E-state index in [2.05, 4.69) is 16.4 Å². The van der Waals surface area contributed by atoms with E-state index < -0.39 is 0 Å². The molecule has 6 nitrogen and oxygen atoms in total. The molecule has 7 heteroatoms. The maximum atomic E-state index is 13.2. The lowest BCUT2D eigenvalue weighted by atomic mass is 10.1. The van der Waals surface area contributed by atoms with Crippen molar-refractivity contribution in [3.05, 3.63) is 64.9 Å². The fraction of sp³-hybridized carbons (Fsp3) is 0.261. The number of amides is 2. The van der Waals surface area contributed by atoms with Gasteiger partial charge >= 0.3 is 0 Å². The van der Waals surface area contributed by atoms with Gasteiger partial charge in [0.2, 0.25) is 5.91 Å². The molecular formula is C23H25N3O3S. The van der Waals surface area contributed by atoms with Crippen LogP contribution >= 0.6 is 11.8 Å². The number of methoxy groups -OCH3 is 1. The molecule has 156 valence electrons. The number of nitrogens with zero attached hydrogens (tertiary/aromatic N) is 2. The van der Waals surface area contributed by atoms with Crippen LogP contribution in [0.15, 0.2) is 53.2 Å². The van der Waals surface area contributed by atoms with E-state index in [0.29, 0.717) is 17.4 Å². The molecule has 2 aromatic carbocycles. The highest BCUT2D eigenvalue weighted by molar-refractivity contribution is 8.14. The van der Waals surface area contributed by atoms with Gasteiger partial charge in [-0.2, -0.15) is 0 Å². The first-order valence-corrected chi connectivity index (χ1v) is 10.7. The van der Waals surface area contributed by atoms with Crippen LogP contribution in [0.3, 0.4) is 0 Å². The maximum absolute atomic E-state index is 13.2. The second kappa shape index (κ2) is 9.63. The molecule has 0 spiro atoms. The van der Waals surface area contributed by atoms with Gasteiger partial charge in [0.05, 0.1) is 18.6 Å². The van der Waals surface area contributed by atoms with Gasteiger partial charge in [0.1, 0.15) is 11.4 Å². The van der Waals surface area contributed by atoms with Crippen molar-refractivity contribution in [2.75, 3.05) is 24.3 Å². The Bertz CT molecular complexity index is 993. The highest BCUT2D eigenvalue weighted by atomic mass is 32.2. The average Bonchev–Trinajstić information content (AvgIpc) is 3.01. The largest absolute Gasteiger partial charge is 0.497 e. The number of benzene rings is 2. The van der Waals surface area contributed by atoms with Gasteiger partial charge in [-0.3, -0.25) is 14.5 Å². The number of aliphatic imine (C=N–C) groups is 1. The van der Waals surface area contributed by atoms with Gasteiger partial charge in [-0.05, 0) is 67.8 Å². The third kappa shape index (κ3) is 5.10. The van der Waals surface area contributed by atoms with Crippen molar-refractivity contribution in [3.63, 3.8) is 0 Å². The minimum Gasteiger partial charge on any atom is -0.497 e. The summed E-state index contributed by atoms with van der Waals surface area (Å²) in [6.45, 7) is 6.42. The van der Waals surface area contributed by atoms with E-state index in [1.54, 1.807) is 18.1 Å². The van der Waals surface area contributed by atoms with Crippen LogP contribution in [0.25, 0.3) is 6.08 Å². The lowest BCUT2D eigenvalue weighted by Gasteiger charge is -2.19. The summed E-state index contributed by atoms with van der Waals surface area (Å²) in [6, 6.07) is 13.4. The maximum Gasteiger partial charge on any atom is 0.283 e. The number of nitrogens with one attached hydrogen (secondary N) is 1. The smallest absolute Gasteiger partial charge is 0.283 e. The number of carbonyl (C=O) groups excluding carboxylic acids is 2. The fourth-order valence-electron chi connectivity index (χ4n) is 3.14. The van der Waals surface area contributed by atoms with Gasteiger partial charge in [0.25, 0.3) is 5.91 Å². The van der Waals surface area contributed by atoms with Crippen molar-refractivity contribution in [3.8, 4) is 5.75 Å². The molecule has 0 aliphatic carbocycles. The number of amidine groups is 1. The quantitative estimate of drug-likeness (QED) is 0.715. The molecule has 1 N–H and O–H groups in total. The Kier molecular flexibility index (Phi) is 6.95. The normalized spacial score (nSPS) is 14.8. The second-order valence-corrected chi connectivity index (χ2v) is 7.87. The summed E-state index contributed by atoms with van der Waals surface area (Å²) in [5.74, 6) is 0.630. The number of rotatable bonds is 6. The van der Waals surface area contributed by atoms with E-state index >= 15 is 0 Å². The molecule has 0 unspecified atom stereocenters. The molecular weight excluding hydrogens is 398 g/mol. The summed E-state index contributed by atoms with van der Waals surface area (Å²) in [6.07, 6.45) is 1.75. The number of aryl methyl sites for hydroxylation is 2. The number of anilines is 1. The molecule has 1 aliphatic heterocycles. The Labute approximate surface area is 181 Å². The third-order valence-electron chi connectivity index (χ3n) is 4.42. The molecule has 2 amide bonds. The zero-order valence-electron chi connectivity index (χ0n) is 17.6. The summed E-state index contributed by atoms with van der Waals surface area (Å²) in [5, 5.41) is 3.27.